The molecule has 0 aliphatic carbocycles. The van der Waals surface area contributed by atoms with Gasteiger partial charge in [0, 0.05) is 58.6 Å². The van der Waals surface area contributed by atoms with Crippen molar-refractivity contribution >= 4 is 17.7 Å². The predicted octanol–water partition coefficient (Wildman–Crippen LogP) is 1.91. The fraction of sp³-hybridized carbons (Fsp3) is 0.550. The maximum atomic E-state index is 11.9. The fourth-order valence-corrected chi connectivity index (χ4v) is 2.96. The smallest absolute Gasteiger partial charge is 0.243 e. The molecule has 0 bridgehead atoms. The van der Waals surface area contributed by atoms with Gasteiger partial charge in [-0.1, -0.05) is 19.1 Å². The van der Waals surface area contributed by atoms with Crippen LogP contribution in [-0.4, -0.2) is 75.6 Å². The number of nitrogens with one attached hydrogen (secondary N) is 1. The lowest BCUT2D eigenvalue weighted by atomic mass is 10.2. The molecule has 2 rings (SSSR count). The van der Waals surface area contributed by atoms with E-state index < -0.39 is 0 Å². The van der Waals surface area contributed by atoms with Gasteiger partial charge in [-0.2, -0.15) is 0 Å². The van der Waals surface area contributed by atoms with E-state index >= 15 is 0 Å². The summed E-state index contributed by atoms with van der Waals surface area (Å²) in [6.07, 6.45) is 4.48. The van der Waals surface area contributed by atoms with Gasteiger partial charge in [0.2, 0.25) is 5.91 Å². The number of rotatable bonds is 8. The lowest BCUT2D eigenvalue weighted by Gasteiger charge is -2.33. The molecule has 1 aromatic carbocycles. The summed E-state index contributed by atoms with van der Waals surface area (Å²) in [4.78, 5) is 18.9. The fourth-order valence-electron chi connectivity index (χ4n) is 2.96. The lowest BCUT2D eigenvalue weighted by molar-refractivity contribution is -0.116. The van der Waals surface area contributed by atoms with Crippen molar-refractivity contribution in [3.8, 4) is 0 Å². The first-order chi connectivity index (χ1) is 12.1. The van der Waals surface area contributed by atoms with E-state index in [9.17, 15) is 4.79 Å². The zero-order valence-corrected chi connectivity index (χ0v) is 15.9. The molecule has 0 aromatic heterocycles. The van der Waals surface area contributed by atoms with Crippen LogP contribution in [-0.2, 0) is 4.79 Å². The zero-order chi connectivity index (χ0) is 18.1. The first-order valence-corrected chi connectivity index (χ1v) is 9.26. The van der Waals surface area contributed by atoms with E-state index in [1.54, 1.807) is 6.08 Å². The molecule has 5 nitrogen and oxygen atoms in total. The highest BCUT2D eigenvalue weighted by atomic mass is 16.1. The third-order valence-electron chi connectivity index (χ3n) is 4.70. The molecule has 1 N–H and O–H groups in total. The van der Waals surface area contributed by atoms with Gasteiger partial charge in [0.05, 0.1) is 0 Å². The monoisotopic (exact) mass is 344 g/mol. The lowest BCUT2D eigenvalue weighted by Crippen LogP contribution is -2.46. The van der Waals surface area contributed by atoms with Gasteiger partial charge in [-0.25, -0.2) is 0 Å². The largest absolute Gasteiger partial charge is 0.378 e. The third kappa shape index (κ3) is 6.88. The molecule has 1 heterocycles. The van der Waals surface area contributed by atoms with Crippen molar-refractivity contribution in [3.63, 3.8) is 0 Å². The van der Waals surface area contributed by atoms with Crippen molar-refractivity contribution in [1.29, 1.82) is 0 Å². The van der Waals surface area contributed by atoms with Gasteiger partial charge in [-0.05, 0) is 43.3 Å². The number of anilines is 1. The summed E-state index contributed by atoms with van der Waals surface area (Å²) in [7, 11) is 4.03. The Morgan fingerprint density at radius 2 is 1.76 bits per heavy atom. The third-order valence-corrected chi connectivity index (χ3v) is 4.70. The van der Waals surface area contributed by atoms with Crippen molar-refractivity contribution in [3.05, 3.63) is 35.9 Å². The Morgan fingerprint density at radius 3 is 2.36 bits per heavy atom. The molecule has 0 atom stereocenters. The van der Waals surface area contributed by atoms with E-state index in [4.69, 9.17) is 0 Å². The topological polar surface area (TPSA) is 38.8 Å². The van der Waals surface area contributed by atoms with Crippen molar-refractivity contribution in [1.82, 2.24) is 15.1 Å². The maximum Gasteiger partial charge on any atom is 0.243 e. The minimum absolute atomic E-state index is 0.0208. The Labute approximate surface area is 152 Å². The second kappa shape index (κ2) is 10.2. The minimum atomic E-state index is -0.0208. The van der Waals surface area contributed by atoms with Crippen LogP contribution in [0.3, 0.4) is 0 Å². The van der Waals surface area contributed by atoms with Crippen molar-refractivity contribution in [2.75, 3.05) is 64.8 Å². The van der Waals surface area contributed by atoms with Gasteiger partial charge in [0.25, 0.3) is 0 Å². The second-order valence-corrected chi connectivity index (χ2v) is 6.74. The first kappa shape index (κ1) is 19.5. The van der Waals surface area contributed by atoms with E-state index in [1.165, 1.54) is 0 Å². The molecule has 1 aliphatic rings. The average molecular weight is 345 g/mol. The number of piperazine rings is 1. The van der Waals surface area contributed by atoms with E-state index in [-0.39, 0.29) is 5.91 Å². The normalized spacial score (nSPS) is 16.3. The zero-order valence-electron chi connectivity index (χ0n) is 15.9. The standard InChI is InChI=1S/C20H32N4O/c1-4-23-14-16-24(17-15-23)13-5-12-21-20(25)11-8-18-6-9-19(10-7-18)22(2)3/h6-11H,4-5,12-17H2,1-3H3,(H,21,25)/b11-8+. The van der Waals surface area contributed by atoms with Crippen LogP contribution < -0.4 is 10.2 Å². The molecule has 1 aromatic rings. The minimum Gasteiger partial charge on any atom is -0.378 e. The highest BCUT2D eigenvalue weighted by Gasteiger charge is 2.14. The Bertz CT molecular complexity index is 545. The molecule has 138 valence electrons. The molecule has 1 amide bonds. The SMILES string of the molecule is CCN1CCN(CCCNC(=O)/C=C/c2ccc(N(C)C)cc2)CC1. The highest BCUT2D eigenvalue weighted by Crippen LogP contribution is 2.13. The molecule has 25 heavy (non-hydrogen) atoms. The number of likely N-dealkylation sites (N-methyl/N-ethyl adjacent to an activating group) is 1. The molecule has 0 saturated carbocycles. The van der Waals surface area contributed by atoms with Gasteiger partial charge in [0.15, 0.2) is 0 Å². The van der Waals surface area contributed by atoms with Crippen molar-refractivity contribution in [2.45, 2.75) is 13.3 Å². The van der Waals surface area contributed by atoms with Crippen LogP contribution in [0.4, 0.5) is 5.69 Å². The molecule has 1 aliphatic heterocycles. The van der Waals surface area contributed by atoms with Crippen LogP contribution in [0, 0.1) is 0 Å². The van der Waals surface area contributed by atoms with E-state index in [2.05, 4.69) is 39.1 Å². The molecular weight excluding hydrogens is 312 g/mol. The number of amides is 1. The van der Waals surface area contributed by atoms with Gasteiger partial charge < -0.3 is 20.0 Å². The molecule has 0 radical (unpaired) electrons. The number of carbonyl (C=O) groups is 1. The van der Waals surface area contributed by atoms with Gasteiger partial charge >= 0.3 is 0 Å². The maximum absolute atomic E-state index is 11.9. The molecule has 5 heteroatoms. The number of hydrogen-bond acceptors (Lipinski definition) is 4. The molecule has 0 spiro atoms. The van der Waals surface area contributed by atoms with Gasteiger partial charge in [-0.15, -0.1) is 0 Å². The predicted molar refractivity (Wildman–Crippen MR) is 106 cm³/mol. The number of carbonyl (C=O) groups excluding carboxylic acids is 1. The van der Waals surface area contributed by atoms with Crippen molar-refractivity contribution < 1.29 is 4.79 Å². The Hall–Kier alpha value is -1.85. The Kier molecular flexibility index (Phi) is 7.95. The van der Waals surface area contributed by atoms with Crippen LogP contribution in [0.5, 0.6) is 0 Å². The van der Waals surface area contributed by atoms with Crippen LogP contribution in [0.1, 0.15) is 18.9 Å². The molecule has 0 unspecified atom stereocenters. The summed E-state index contributed by atoms with van der Waals surface area (Å²) in [6.45, 7) is 9.78. The molecule has 1 saturated heterocycles. The number of nitrogens with zero attached hydrogens (tertiary/aromatic N) is 3. The summed E-state index contributed by atoms with van der Waals surface area (Å²) in [5.41, 5.74) is 2.19. The Morgan fingerprint density at radius 1 is 1.12 bits per heavy atom. The molecule has 1 fully saturated rings. The number of hydrogen-bond donors (Lipinski definition) is 1. The quantitative estimate of drug-likeness (QED) is 0.578. The number of benzene rings is 1. The summed E-state index contributed by atoms with van der Waals surface area (Å²) in [5.74, 6) is -0.0208. The van der Waals surface area contributed by atoms with Gasteiger partial charge in [-0.3, -0.25) is 4.79 Å². The molecular formula is C20H32N4O. The van der Waals surface area contributed by atoms with Crippen LogP contribution in [0.25, 0.3) is 6.08 Å². The Balaban J connectivity index is 1.62. The summed E-state index contributed by atoms with van der Waals surface area (Å²) in [6, 6.07) is 8.15. The summed E-state index contributed by atoms with van der Waals surface area (Å²) in [5, 5.41) is 2.97. The average Bonchev–Trinajstić information content (AvgIpc) is 2.64. The van der Waals surface area contributed by atoms with Crippen LogP contribution in [0.2, 0.25) is 0 Å². The van der Waals surface area contributed by atoms with Crippen molar-refractivity contribution in [2.24, 2.45) is 0 Å². The van der Waals surface area contributed by atoms with E-state index in [0.29, 0.717) is 0 Å². The highest BCUT2D eigenvalue weighted by molar-refractivity contribution is 5.91. The second-order valence-electron chi connectivity index (χ2n) is 6.74. The summed E-state index contributed by atoms with van der Waals surface area (Å²) >= 11 is 0. The summed E-state index contributed by atoms with van der Waals surface area (Å²) < 4.78 is 0. The van der Waals surface area contributed by atoms with Crippen LogP contribution >= 0.6 is 0 Å². The van der Waals surface area contributed by atoms with Gasteiger partial charge in [0.1, 0.15) is 0 Å². The van der Waals surface area contributed by atoms with E-state index in [1.807, 2.05) is 32.3 Å². The first-order valence-electron chi connectivity index (χ1n) is 9.26. The van der Waals surface area contributed by atoms with Crippen LogP contribution in [0.15, 0.2) is 30.3 Å². The van der Waals surface area contributed by atoms with E-state index in [0.717, 1.165) is 63.5 Å².